The van der Waals surface area contributed by atoms with E-state index in [2.05, 4.69) is 103 Å². The highest BCUT2D eigenvalue weighted by Crippen LogP contribution is 2.56. The first-order valence-corrected chi connectivity index (χ1v) is 12.8. The summed E-state index contributed by atoms with van der Waals surface area (Å²) in [5, 5.41) is 1.29. The molecule has 1 fully saturated rings. The Hall–Kier alpha value is -1.45. The lowest BCUT2D eigenvalue weighted by Crippen LogP contribution is -2.44. The van der Waals surface area contributed by atoms with Crippen LogP contribution >= 0.6 is 6.19 Å². The molecule has 0 N–H and O–H groups in total. The van der Waals surface area contributed by atoms with Gasteiger partial charge >= 0.3 is 0 Å². The van der Waals surface area contributed by atoms with Crippen molar-refractivity contribution in [2.45, 2.75) is 19.3 Å². The molecule has 5 heteroatoms. The van der Waals surface area contributed by atoms with Crippen molar-refractivity contribution in [1.82, 2.24) is 9.57 Å². The number of para-hydroxylation sites is 1. The predicted octanol–water partition coefficient (Wildman–Crippen LogP) is 4.22. The third-order valence-corrected chi connectivity index (χ3v) is 10.8. The summed E-state index contributed by atoms with van der Waals surface area (Å²) in [5.41, 5.74) is 3.97. The molecule has 1 saturated heterocycles. The number of piperazine rings is 1. The predicted molar refractivity (Wildman–Crippen MR) is 125 cm³/mol. The number of benzene rings is 2. The molecular weight excluding hydrogens is 381 g/mol. The summed E-state index contributed by atoms with van der Waals surface area (Å²) in [7, 11) is 4.39. The molecule has 0 amide bonds. The number of rotatable bonds is 3. The Balaban J connectivity index is 1.84. The van der Waals surface area contributed by atoms with Gasteiger partial charge in [0.25, 0.3) is 0 Å². The van der Waals surface area contributed by atoms with Crippen molar-refractivity contribution in [3.05, 3.63) is 71.7 Å². The Kier molecular flexibility index (Phi) is 5.26. The van der Waals surface area contributed by atoms with E-state index in [0.29, 0.717) is 0 Å². The molecule has 0 spiro atoms. The SMILES string of the molecule is CN1CCN([P@@](=S)(C=C2N(C)c3ccccc3C2(C)C)c2ccccc2)CC1. The molecule has 148 valence electrons. The molecule has 4 rings (SSSR count). The zero-order chi connectivity index (χ0) is 19.9. The molecule has 1 atom stereocenters. The van der Waals surface area contributed by atoms with Crippen molar-refractivity contribution in [3.8, 4) is 0 Å². The summed E-state index contributed by atoms with van der Waals surface area (Å²) >= 11 is 6.55. The van der Waals surface area contributed by atoms with Crippen molar-refractivity contribution in [2.75, 3.05) is 45.2 Å². The van der Waals surface area contributed by atoms with Gasteiger partial charge in [0.15, 0.2) is 0 Å². The molecule has 28 heavy (non-hydrogen) atoms. The molecule has 2 aromatic carbocycles. The summed E-state index contributed by atoms with van der Waals surface area (Å²) in [6.07, 6.45) is -2.03. The van der Waals surface area contributed by atoms with Gasteiger partial charge in [0.05, 0.1) is 6.19 Å². The van der Waals surface area contributed by atoms with Gasteiger partial charge in [0, 0.05) is 55.3 Å². The van der Waals surface area contributed by atoms with Crippen LogP contribution in [0.5, 0.6) is 0 Å². The number of hydrogen-bond donors (Lipinski definition) is 0. The quantitative estimate of drug-likeness (QED) is 0.699. The van der Waals surface area contributed by atoms with Crippen LogP contribution in [0.3, 0.4) is 0 Å². The minimum absolute atomic E-state index is 0.0449. The van der Waals surface area contributed by atoms with E-state index in [0.717, 1.165) is 26.2 Å². The van der Waals surface area contributed by atoms with Gasteiger partial charge in [-0.3, -0.25) is 4.67 Å². The summed E-state index contributed by atoms with van der Waals surface area (Å²) < 4.78 is 2.58. The third kappa shape index (κ3) is 3.27. The van der Waals surface area contributed by atoms with Gasteiger partial charge in [-0.2, -0.15) is 0 Å². The number of allylic oxidation sites excluding steroid dienone is 1. The number of anilines is 1. The van der Waals surface area contributed by atoms with Crippen LogP contribution in [-0.4, -0.2) is 49.8 Å². The fourth-order valence-corrected chi connectivity index (χ4v) is 8.44. The van der Waals surface area contributed by atoms with Gasteiger partial charge in [-0.25, -0.2) is 0 Å². The van der Waals surface area contributed by atoms with Crippen molar-refractivity contribution in [3.63, 3.8) is 0 Å². The van der Waals surface area contributed by atoms with Gasteiger partial charge in [0.2, 0.25) is 0 Å². The van der Waals surface area contributed by atoms with Crippen LogP contribution in [0.1, 0.15) is 19.4 Å². The van der Waals surface area contributed by atoms with Crippen LogP contribution in [0.4, 0.5) is 5.69 Å². The first-order valence-electron chi connectivity index (χ1n) is 10.00. The van der Waals surface area contributed by atoms with E-state index in [1.165, 1.54) is 22.3 Å². The highest BCUT2D eigenvalue weighted by Gasteiger charge is 2.40. The molecule has 2 aliphatic heterocycles. The lowest BCUT2D eigenvalue weighted by atomic mass is 9.84. The maximum absolute atomic E-state index is 6.55. The Morgan fingerprint density at radius 2 is 1.50 bits per heavy atom. The van der Waals surface area contributed by atoms with Crippen molar-refractivity contribution in [2.24, 2.45) is 0 Å². The fourth-order valence-electron chi connectivity index (χ4n) is 4.45. The smallest absolute Gasteiger partial charge is 0.0658 e. The molecule has 2 aliphatic rings. The van der Waals surface area contributed by atoms with E-state index in [1.54, 1.807) is 0 Å². The minimum Gasteiger partial charge on any atom is -0.347 e. The number of nitrogens with zero attached hydrogens (tertiary/aromatic N) is 3. The number of likely N-dealkylation sites (N-methyl/N-ethyl adjacent to an activating group) is 2. The normalized spacial score (nSPS) is 23.6. The van der Waals surface area contributed by atoms with Crippen LogP contribution < -0.4 is 10.2 Å². The Morgan fingerprint density at radius 1 is 0.893 bits per heavy atom. The third-order valence-electron chi connectivity index (χ3n) is 6.26. The first kappa shape index (κ1) is 19.8. The summed E-state index contributed by atoms with van der Waals surface area (Å²) in [4.78, 5) is 4.76. The van der Waals surface area contributed by atoms with E-state index >= 15 is 0 Å². The molecular formula is C23H30N3PS. The average Bonchev–Trinajstić information content (AvgIpc) is 2.90. The lowest BCUT2D eigenvalue weighted by molar-refractivity contribution is 0.230. The molecule has 0 bridgehead atoms. The number of fused-ring (bicyclic) bond motifs is 1. The molecule has 2 heterocycles. The molecule has 0 unspecified atom stereocenters. The van der Waals surface area contributed by atoms with Crippen LogP contribution in [0.2, 0.25) is 0 Å². The summed E-state index contributed by atoms with van der Waals surface area (Å²) in [6, 6.07) is 19.5. The average molecular weight is 412 g/mol. The number of hydrogen-bond acceptors (Lipinski definition) is 3. The molecule has 0 aliphatic carbocycles. The Labute approximate surface area is 174 Å². The maximum Gasteiger partial charge on any atom is 0.0658 e. The molecule has 3 nitrogen and oxygen atoms in total. The van der Waals surface area contributed by atoms with Crippen LogP contribution in [0.15, 0.2) is 66.1 Å². The van der Waals surface area contributed by atoms with Gasteiger partial charge in [0.1, 0.15) is 0 Å². The standard InChI is InChI=1S/C23H30N3PS/c1-23(2)20-12-8-9-13-21(20)25(4)22(23)18-27(28,19-10-6-5-7-11-19)26-16-14-24(3)15-17-26/h5-13,18H,14-17H2,1-4H3/t27-/m1/s1. The second kappa shape index (κ2) is 7.42. The fraction of sp³-hybridized carbons (Fsp3) is 0.391. The van der Waals surface area contributed by atoms with E-state index < -0.39 is 6.19 Å². The van der Waals surface area contributed by atoms with Gasteiger partial charge in [-0.05, 0) is 24.5 Å². The van der Waals surface area contributed by atoms with E-state index in [4.69, 9.17) is 11.8 Å². The van der Waals surface area contributed by atoms with Crippen molar-refractivity contribution >= 4 is 29.0 Å². The largest absolute Gasteiger partial charge is 0.347 e. The lowest BCUT2D eigenvalue weighted by Gasteiger charge is -2.40. The maximum atomic E-state index is 6.55. The van der Waals surface area contributed by atoms with Crippen LogP contribution in [0, 0.1) is 0 Å². The zero-order valence-corrected chi connectivity index (χ0v) is 19.0. The highest BCUT2D eigenvalue weighted by molar-refractivity contribution is 8.18. The zero-order valence-electron chi connectivity index (χ0n) is 17.3. The van der Waals surface area contributed by atoms with Gasteiger partial charge in [-0.1, -0.05) is 74.2 Å². The van der Waals surface area contributed by atoms with E-state index in [1.807, 2.05) is 0 Å². The van der Waals surface area contributed by atoms with Crippen LogP contribution in [-0.2, 0) is 17.2 Å². The van der Waals surface area contributed by atoms with Crippen LogP contribution in [0.25, 0.3) is 0 Å². The molecule has 0 radical (unpaired) electrons. The van der Waals surface area contributed by atoms with Crippen molar-refractivity contribution < 1.29 is 0 Å². The van der Waals surface area contributed by atoms with E-state index in [9.17, 15) is 0 Å². The second-order valence-electron chi connectivity index (χ2n) is 8.43. The summed E-state index contributed by atoms with van der Waals surface area (Å²) in [5.74, 6) is 2.46. The minimum atomic E-state index is -2.03. The molecule has 2 aromatic rings. The molecule has 0 aromatic heterocycles. The van der Waals surface area contributed by atoms with Crippen molar-refractivity contribution in [1.29, 1.82) is 0 Å². The molecule has 0 saturated carbocycles. The Morgan fingerprint density at radius 3 is 2.14 bits per heavy atom. The van der Waals surface area contributed by atoms with Gasteiger partial charge in [-0.15, -0.1) is 0 Å². The van der Waals surface area contributed by atoms with E-state index in [-0.39, 0.29) is 5.41 Å². The first-order chi connectivity index (χ1) is 13.3. The monoisotopic (exact) mass is 411 g/mol. The Bertz CT molecular complexity index is 930. The topological polar surface area (TPSA) is 9.72 Å². The highest BCUT2D eigenvalue weighted by atomic mass is 32.4. The van der Waals surface area contributed by atoms with Gasteiger partial charge < -0.3 is 9.80 Å². The summed E-state index contributed by atoms with van der Waals surface area (Å²) in [6.45, 7) is 8.88. The second-order valence-corrected chi connectivity index (χ2v) is 12.7.